The Morgan fingerprint density at radius 2 is 2.09 bits per heavy atom. The second-order valence-electron chi connectivity index (χ2n) is 5.59. The van der Waals surface area contributed by atoms with Gasteiger partial charge in [0.05, 0.1) is 18.3 Å². The number of amides is 1. The third kappa shape index (κ3) is 3.68. The number of likely N-dealkylation sites (N-methyl/N-ethyl adjacent to an activating group) is 1. The standard InChI is InChI=1S/C18H21N3O2/c1-19-13-18(22)21-12-6-10-16(21)15-9-5-11-17(20-15)23-14-7-3-2-4-8-14/h2-5,7-9,11,16,19H,6,10,12-13H2,1H3/t16-/m1/s1. The molecule has 3 rings (SSSR count). The van der Waals surface area contributed by atoms with Crippen molar-refractivity contribution in [3.8, 4) is 11.6 Å². The molecular weight excluding hydrogens is 290 g/mol. The summed E-state index contributed by atoms with van der Waals surface area (Å²) in [6.45, 7) is 1.15. The number of para-hydroxylation sites is 1. The summed E-state index contributed by atoms with van der Waals surface area (Å²) < 4.78 is 5.79. The molecule has 1 atom stereocenters. The Bertz CT molecular complexity index is 660. The number of ether oxygens (including phenoxy) is 1. The first kappa shape index (κ1) is 15.5. The summed E-state index contributed by atoms with van der Waals surface area (Å²) in [7, 11) is 1.79. The third-order valence-corrected chi connectivity index (χ3v) is 3.95. The first-order chi connectivity index (χ1) is 11.3. The molecule has 1 aromatic carbocycles. The number of nitrogens with one attached hydrogen (secondary N) is 1. The maximum absolute atomic E-state index is 12.2. The number of likely N-dealkylation sites (tertiary alicyclic amines) is 1. The van der Waals surface area contributed by atoms with Crippen molar-refractivity contribution in [3.63, 3.8) is 0 Å². The third-order valence-electron chi connectivity index (χ3n) is 3.95. The van der Waals surface area contributed by atoms with E-state index in [0.29, 0.717) is 12.4 Å². The number of nitrogens with zero attached hydrogens (tertiary/aromatic N) is 2. The Hall–Kier alpha value is -2.40. The van der Waals surface area contributed by atoms with Crippen LogP contribution in [0.1, 0.15) is 24.6 Å². The summed E-state index contributed by atoms with van der Waals surface area (Å²) in [4.78, 5) is 18.7. The fourth-order valence-electron chi connectivity index (χ4n) is 2.91. The number of hydrogen-bond donors (Lipinski definition) is 1. The molecule has 1 fully saturated rings. The lowest BCUT2D eigenvalue weighted by Gasteiger charge is -2.24. The van der Waals surface area contributed by atoms with Crippen molar-refractivity contribution in [1.29, 1.82) is 0 Å². The molecule has 23 heavy (non-hydrogen) atoms. The molecule has 0 spiro atoms. The summed E-state index contributed by atoms with van der Waals surface area (Å²) in [5.74, 6) is 1.43. The summed E-state index contributed by atoms with van der Waals surface area (Å²) in [5, 5.41) is 2.92. The van der Waals surface area contributed by atoms with Gasteiger partial charge in [0.2, 0.25) is 11.8 Å². The van der Waals surface area contributed by atoms with Crippen molar-refractivity contribution in [1.82, 2.24) is 15.2 Å². The lowest BCUT2D eigenvalue weighted by Crippen LogP contribution is -2.36. The summed E-state index contributed by atoms with van der Waals surface area (Å²) in [6.07, 6.45) is 1.95. The molecule has 1 N–H and O–H groups in total. The van der Waals surface area contributed by atoms with Crippen LogP contribution in [0.5, 0.6) is 11.6 Å². The van der Waals surface area contributed by atoms with Gasteiger partial charge >= 0.3 is 0 Å². The van der Waals surface area contributed by atoms with Crippen molar-refractivity contribution in [3.05, 3.63) is 54.2 Å². The first-order valence-corrected chi connectivity index (χ1v) is 7.92. The van der Waals surface area contributed by atoms with Crippen LogP contribution in [0.25, 0.3) is 0 Å². The molecule has 0 unspecified atom stereocenters. The van der Waals surface area contributed by atoms with Crippen LogP contribution in [-0.2, 0) is 4.79 Å². The second kappa shape index (κ2) is 7.24. The molecule has 5 heteroatoms. The van der Waals surface area contributed by atoms with Crippen molar-refractivity contribution in [2.45, 2.75) is 18.9 Å². The van der Waals surface area contributed by atoms with E-state index in [1.165, 1.54) is 0 Å². The van der Waals surface area contributed by atoms with E-state index < -0.39 is 0 Å². The van der Waals surface area contributed by atoms with E-state index in [2.05, 4.69) is 10.3 Å². The quantitative estimate of drug-likeness (QED) is 0.922. The van der Waals surface area contributed by atoms with Gasteiger partial charge in [-0.3, -0.25) is 4.79 Å². The molecule has 1 aliphatic heterocycles. The van der Waals surface area contributed by atoms with Crippen molar-refractivity contribution < 1.29 is 9.53 Å². The van der Waals surface area contributed by atoms with Gasteiger partial charge in [-0.05, 0) is 38.1 Å². The summed E-state index contributed by atoms with van der Waals surface area (Å²) >= 11 is 0. The highest BCUT2D eigenvalue weighted by atomic mass is 16.5. The molecule has 0 bridgehead atoms. The van der Waals surface area contributed by atoms with E-state index in [4.69, 9.17) is 4.74 Å². The highest BCUT2D eigenvalue weighted by Gasteiger charge is 2.30. The Labute approximate surface area is 136 Å². The monoisotopic (exact) mass is 311 g/mol. The second-order valence-corrected chi connectivity index (χ2v) is 5.59. The van der Waals surface area contributed by atoms with Gasteiger partial charge < -0.3 is 15.0 Å². The Kier molecular flexibility index (Phi) is 4.88. The van der Waals surface area contributed by atoms with Crippen LogP contribution < -0.4 is 10.1 Å². The summed E-state index contributed by atoms with van der Waals surface area (Å²) in [5.41, 5.74) is 0.889. The Balaban J connectivity index is 1.77. The van der Waals surface area contributed by atoms with Gasteiger partial charge in [0, 0.05) is 12.6 Å². The first-order valence-electron chi connectivity index (χ1n) is 7.92. The molecule has 1 amide bonds. The van der Waals surface area contributed by atoms with Crippen molar-refractivity contribution >= 4 is 5.91 Å². The molecule has 1 aliphatic rings. The predicted molar refractivity (Wildman–Crippen MR) is 88.4 cm³/mol. The highest BCUT2D eigenvalue weighted by molar-refractivity contribution is 5.79. The number of pyridine rings is 1. The fourth-order valence-corrected chi connectivity index (χ4v) is 2.91. The van der Waals surface area contributed by atoms with Gasteiger partial charge in [-0.1, -0.05) is 24.3 Å². The molecule has 0 aliphatic carbocycles. The average molecular weight is 311 g/mol. The topological polar surface area (TPSA) is 54.5 Å². The lowest BCUT2D eigenvalue weighted by atomic mass is 10.1. The minimum absolute atomic E-state index is 0.0372. The number of benzene rings is 1. The smallest absolute Gasteiger partial charge is 0.237 e. The molecule has 1 aromatic heterocycles. The normalized spacial score (nSPS) is 17.3. The molecule has 0 radical (unpaired) electrons. The Morgan fingerprint density at radius 3 is 2.87 bits per heavy atom. The van der Waals surface area contributed by atoms with Crippen LogP contribution in [0.15, 0.2) is 48.5 Å². The number of carbonyl (C=O) groups excluding carboxylic acids is 1. The minimum Gasteiger partial charge on any atom is -0.439 e. The van der Waals surface area contributed by atoms with Gasteiger partial charge in [0.15, 0.2) is 0 Å². The van der Waals surface area contributed by atoms with E-state index in [-0.39, 0.29) is 11.9 Å². The molecule has 2 heterocycles. The van der Waals surface area contributed by atoms with Crippen LogP contribution in [0, 0.1) is 0 Å². The molecule has 0 saturated carbocycles. The maximum atomic E-state index is 12.2. The number of aromatic nitrogens is 1. The van der Waals surface area contributed by atoms with Crippen LogP contribution in [0.4, 0.5) is 0 Å². The lowest BCUT2D eigenvalue weighted by molar-refractivity contribution is -0.131. The number of rotatable bonds is 5. The SMILES string of the molecule is CNCC(=O)N1CCC[C@@H]1c1cccc(Oc2ccccc2)n1. The van der Waals surface area contributed by atoms with Crippen LogP contribution in [0.2, 0.25) is 0 Å². The fraction of sp³-hybridized carbons (Fsp3) is 0.333. The van der Waals surface area contributed by atoms with E-state index in [1.54, 1.807) is 7.05 Å². The zero-order chi connectivity index (χ0) is 16.1. The van der Waals surface area contributed by atoms with E-state index >= 15 is 0 Å². The van der Waals surface area contributed by atoms with Gasteiger partial charge in [0.1, 0.15) is 5.75 Å². The average Bonchev–Trinajstić information content (AvgIpc) is 3.06. The van der Waals surface area contributed by atoms with Gasteiger partial charge in [-0.15, -0.1) is 0 Å². The zero-order valence-corrected chi connectivity index (χ0v) is 13.2. The highest BCUT2D eigenvalue weighted by Crippen LogP contribution is 2.32. The van der Waals surface area contributed by atoms with E-state index in [9.17, 15) is 4.79 Å². The van der Waals surface area contributed by atoms with E-state index in [1.807, 2.05) is 53.4 Å². The largest absolute Gasteiger partial charge is 0.439 e. The van der Waals surface area contributed by atoms with Crippen LogP contribution in [0.3, 0.4) is 0 Å². The predicted octanol–water partition coefficient (Wildman–Crippen LogP) is 2.76. The van der Waals surface area contributed by atoms with Gasteiger partial charge in [0.25, 0.3) is 0 Å². The molecule has 5 nitrogen and oxygen atoms in total. The number of hydrogen-bond acceptors (Lipinski definition) is 4. The molecule has 120 valence electrons. The minimum atomic E-state index is 0.0372. The van der Waals surface area contributed by atoms with Crippen molar-refractivity contribution in [2.75, 3.05) is 20.1 Å². The molecule has 2 aromatic rings. The molecule has 1 saturated heterocycles. The Morgan fingerprint density at radius 1 is 1.26 bits per heavy atom. The zero-order valence-electron chi connectivity index (χ0n) is 13.2. The number of carbonyl (C=O) groups is 1. The van der Waals surface area contributed by atoms with Crippen molar-refractivity contribution in [2.24, 2.45) is 0 Å². The van der Waals surface area contributed by atoms with E-state index in [0.717, 1.165) is 30.8 Å². The van der Waals surface area contributed by atoms with Crippen LogP contribution >= 0.6 is 0 Å². The molecular formula is C18H21N3O2. The van der Waals surface area contributed by atoms with Crippen LogP contribution in [-0.4, -0.2) is 35.9 Å². The summed E-state index contributed by atoms with van der Waals surface area (Å²) in [6, 6.07) is 15.4. The van der Waals surface area contributed by atoms with Gasteiger partial charge in [-0.25, -0.2) is 4.98 Å². The maximum Gasteiger partial charge on any atom is 0.237 e. The van der Waals surface area contributed by atoms with Gasteiger partial charge in [-0.2, -0.15) is 0 Å².